The third-order valence-corrected chi connectivity index (χ3v) is 5.96. The van der Waals surface area contributed by atoms with Crippen LogP contribution in [0.2, 0.25) is 0 Å². The molecule has 2 saturated heterocycles. The fourth-order valence-electron chi connectivity index (χ4n) is 4.20. The summed E-state index contributed by atoms with van der Waals surface area (Å²) in [7, 11) is 0. The monoisotopic (exact) mass is 374 g/mol. The van der Waals surface area contributed by atoms with Gasteiger partial charge in [-0.1, -0.05) is 0 Å². The van der Waals surface area contributed by atoms with Gasteiger partial charge in [-0.3, -0.25) is 14.5 Å². The molecule has 27 heavy (non-hydrogen) atoms. The van der Waals surface area contributed by atoms with Crippen molar-refractivity contribution in [3.8, 4) is 0 Å². The minimum Gasteiger partial charge on any atom is -0.353 e. The van der Waals surface area contributed by atoms with Gasteiger partial charge >= 0.3 is 0 Å². The lowest BCUT2D eigenvalue weighted by Crippen LogP contribution is -2.51. The van der Waals surface area contributed by atoms with Crippen molar-refractivity contribution in [2.45, 2.75) is 50.6 Å². The molecule has 1 N–H and O–H groups in total. The molecular weight excluding hydrogens is 347 g/mol. The minimum atomic E-state index is -0.435. The fourth-order valence-corrected chi connectivity index (χ4v) is 4.20. The van der Waals surface area contributed by atoms with Gasteiger partial charge in [0.2, 0.25) is 5.91 Å². The Labute approximate surface area is 159 Å². The van der Waals surface area contributed by atoms with E-state index in [0.717, 1.165) is 57.8 Å². The minimum absolute atomic E-state index is 0.0995. The van der Waals surface area contributed by atoms with Gasteiger partial charge in [0.1, 0.15) is 11.5 Å². The second kappa shape index (κ2) is 7.92. The van der Waals surface area contributed by atoms with Crippen LogP contribution in [0.1, 0.15) is 49.0 Å². The van der Waals surface area contributed by atoms with E-state index < -0.39 is 5.82 Å². The van der Waals surface area contributed by atoms with Crippen LogP contribution < -0.4 is 5.32 Å². The topological polar surface area (TPSA) is 65.5 Å². The molecule has 146 valence electrons. The molecule has 3 heterocycles. The highest BCUT2D eigenvalue weighted by Gasteiger charge is 2.34. The Morgan fingerprint density at radius 3 is 2.52 bits per heavy atom. The largest absolute Gasteiger partial charge is 0.353 e. The smallest absolute Gasteiger partial charge is 0.272 e. The van der Waals surface area contributed by atoms with Crippen LogP contribution in [0, 0.1) is 11.7 Å². The third-order valence-electron chi connectivity index (χ3n) is 5.96. The molecule has 1 atom stereocenters. The first-order valence-corrected chi connectivity index (χ1v) is 10.1. The molecule has 1 aromatic rings. The Hall–Kier alpha value is -2.02. The molecule has 0 radical (unpaired) electrons. The third kappa shape index (κ3) is 4.46. The number of nitrogens with zero attached hydrogens (tertiary/aromatic N) is 3. The highest BCUT2D eigenvalue weighted by molar-refractivity contribution is 5.92. The van der Waals surface area contributed by atoms with Crippen molar-refractivity contribution in [3.05, 3.63) is 29.8 Å². The number of likely N-dealkylation sites (tertiary alicyclic amines) is 2. The highest BCUT2D eigenvalue weighted by atomic mass is 19.1. The normalized spacial score (nSPS) is 24.6. The Morgan fingerprint density at radius 1 is 1.07 bits per heavy atom. The summed E-state index contributed by atoms with van der Waals surface area (Å²) in [5.74, 6) is -0.246. The zero-order valence-electron chi connectivity index (χ0n) is 15.6. The maximum Gasteiger partial charge on any atom is 0.272 e. The number of amides is 2. The first kappa shape index (κ1) is 18.3. The van der Waals surface area contributed by atoms with E-state index in [-0.39, 0.29) is 17.7 Å². The molecule has 0 bridgehead atoms. The van der Waals surface area contributed by atoms with E-state index >= 15 is 0 Å². The number of hydrogen-bond donors (Lipinski definition) is 1. The molecule has 2 aliphatic heterocycles. The van der Waals surface area contributed by atoms with E-state index in [1.165, 1.54) is 12.1 Å². The molecule has 4 rings (SSSR count). The van der Waals surface area contributed by atoms with Crippen LogP contribution in [-0.2, 0) is 4.79 Å². The summed E-state index contributed by atoms with van der Waals surface area (Å²) in [6.45, 7) is 3.22. The van der Waals surface area contributed by atoms with E-state index in [4.69, 9.17) is 0 Å². The molecule has 3 fully saturated rings. The number of pyridine rings is 1. The lowest BCUT2D eigenvalue weighted by Gasteiger charge is -2.42. The van der Waals surface area contributed by atoms with Gasteiger partial charge in [-0.2, -0.15) is 0 Å². The lowest BCUT2D eigenvalue weighted by atomic mass is 9.93. The predicted molar refractivity (Wildman–Crippen MR) is 98.6 cm³/mol. The molecule has 2 amide bonds. The molecule has 7 heteroatoms. The standard InChI is InChI=1S/C20H27FN4O2/c21-15-3-6-18(22-12-15)20(27)24-10-7-17(8-11-24)25-9-1-2-14(13-25)19(26)23-16-4-5-16/h3,6,12,14,16-17H,1-2,4-5,7-11,13H2,(H,23,26). The van der Waals surface area contributed by atoms with E-state index in [0.29, 0.717) is 30.9 Å². The summed E-state index contributed by atoms with van der Waals surface area (Å²) in [6.07, 6.45) is 7.17. The van der Waals surface area contributed by atoms with Crippen molar-refractivity contribution < 1.29 is 14.0 Å². The van der Waals surface area contributed by atoms with Gasteiger partial charge in [0.15, 0.2) is 0 Å². The number of halogens is 1. The van der Waals surface area contributed by atoms with Crippen LogP contribution in [0.25, 0.3) is 0 Å². The van der Waals surface area contributed by atoms with Gasteiger partial charge in [0, 0.05) is 31.7 Å². The zero-order chi connectivity index (χ0) is 18.8. The molecule has 3 aliphatic rings. The average molecular weight is 374 g/mol. The molecule has 0 aromatic carbocycles. The van der Waals surface area contributed by atoms with Crippen molar-refractivity contribution in [1.82, 2.24) is 20.1 Å². The van der Waals surface area contributed by atoms with Crippen LogP contribution in [0.3, 0.4) is 0 Å². The van der Waals surface area contributed by atoms with Crippen LogP contribution in [0.15, 0.2) is 18.3 Å². The summed E-state index contributed by atoms with van der Waals surface area (Å²) in [4.78, 5) is 33.0. The van der Waals surface area contributed by atoms with Crippen LogP contribution in [0.4, 0.5) is 4.39 Å². The van der Waals surface area contributed by atoms with Crippen molar-refractivity contribution in [2.24, 2.45) is 5.92 Å². The van der Waals surface area contributed by atoms with Crippen molar-refractivity contribution in [3.63, 3.8) is 0 Å². The van der Waals surface area contributed by atoms with Gasteiger partial charge in [0.25, 0.3) is 5.91 Å². The van der Waals surface area contributed by atoms with Gasteiger partial charge in [-0.15, -0.1) is 0 Å². The second-order valence-corrected chi connectivity index (χ2v) is 8.00. The quantitative estimate of drug-likeness (QED) is 0.873. The molecule has 1 aromatic heterocycles. The number of carbonyl (C=O) groups excluding carboxylic acids is 2. The highest BCUT2D eigenvalue weighted by Crippen LogP contribution is 2.26. The number of piperidine rings is 2. The molecular formula is C20H27FN4O2. The van der Waals surface area contributed by atoms with Gasteiger partial charge in [0.05, 0.1) is 12.1 Å². The number of aromatic nitrogens is 1. The summed E-state index contributed by atoms with van der Waals surface area (Å²) in [5.41, 5.74) is 0.296. The van der Waals surface area contributed by atoms with Gasteiger partial charge < -0.3 is 10.2 Å². The Balaban J connectivity index is 1.28. The van der Waals surface area contributed by atoms with Crippen LogP contribution in [0.5, 0.6) is 0 Å². The van der Waals surface area contributed by atoms with Gasteiger partial charge in [-0.25, -0.2) is 9.37 Å². The SMILES string of the molecule is O=C(NC1CC1)C1CCCN(C2CCN(C(=O)c3ccc(F)cn3)CC2)C1. The molecule has 1 aliphatic carbocycles. The number of rotatable bonds is 4. The zero-order valence-corrected chi connectivity index (χ0v) is 15.6. The lowest BCUT2D eigenvalue weighted by molar-refractivity contribution is -0.127. The maximum absolute atomic E-state index is 13.0. The first-order valence-electron chi connectivity index (χ1n) is 10.1. The second-order valence-electron chi connectivity index (χ2n) is 8.00. The maximum atomic E-state index is 13.0. The van der Waals surface area contributed by atoms with E-state index in [1.807, 2.05) is 0 Å². The average Bonchev–Trinajstić information content (AvgIpc) is 3.52. The van der Waals surface area contributed by atoms with Crippen LogP contribution in [-0.4, -0.2) is 64.9 Å². The molecule has 1 saturated carbocycles. The van der Waals surface area contributed by atoms with Crippen molar-refractivity contribution in [2.75, 3.05) is 26.2 Å². The summed E-state index contributed by atoms with van der Waals surface area (Å²) < 4.78 is 13.0. The first-order chi connectivity index (χ1) is 13.1. The predicted octanol–water partition coefficient (Wildman–Crippen LogP) is 1.82. The molecule has 1 unspecified atom stereocenters. The number of carbonyl (C=O) groups is 2. The molecule has 0 spiro atoms. The molecule has 6 nitrogen and oxygen atoms in total. The number of nitrogens with one attached hydrogen (secondary N) is 1. The van der Waals surface area contributed by atoms with Crippen molar-refractivity contribution >= 4 is 11.8 Å². The fraction of sp³-hybridized carbons (Fsp3) is 0.650. The van der Waals surface area contributed by atoms with Crippen molar-refractivity contribution in [1.29, 1.82) is 0 Å². The van der Waals surface area contributed by atoms with E-state index in [1.54, 1.807) is 4.90 Å². The summed E-state index contributed by atoms with van der Waals surface area (Å²) in [6, 6.07) is 3.55. The Morgan fingerprint density at radius 2 is 1.85 bits per heavy atom. The summed E-state index contributed by atoms with van der Waals surface area (Å²) >= 11 is 0. The summed E-state index contributed by atoms with van der Waals surface area (Å²) in [5, 5.41) is 3.14. The van der Waals surface area contributed by atoms with Crippen LogP contribution >= 0.6 is 0 Å². The Kier molecular flexibility index (Phi) is 5.38. The number of hydrogen-bond acceptors (Lipinski definition) is 4. The van der Waals surface area contributed by atoms with E-state index in [2.05, 4.69) is 15.2 Å². The Bertz CT molecular complexity index is 684. The van der Waals surface area contributed by atoms with E-state index in [9.17, 15) is 14.0 Å². The van der Waals surface area contributed by atoms with Gasteiger partial charge in [-0.05, 0) is 57.2 Å².